The molecule has 3 heterocycles. The Hall–Kier alpha value is -2.28. The number of carbonyl (C=O) groups is 1. The molecule has 2 N–H and O–H groups in total. The molecule has 12 heteroatoms. The summed E-state index contributed by atoms with van der Waals surface area (Å²) < 4.78 is 29.6. The van der Waals surface area contributed by atoms with Crippen molar-refractivity contribution in [1.29, 1.82) is 0 Å². The Balaban J connectivity index is 1.76. The number of piperazine rings is 1. The molecule has 1 aliphatic rings. The van der Waals surface area contributed by atoms with Crippen molar-refractivity contribution in [3.63, 3.8) is 0 Å². The number of carbonyl (C=O) groups excluding carboxylic acids is 1. The molecule has 0 spiro atoms. The summed E-state index contributed by atoms with van der Waals surface area (Å²) in [6, 6.07) is 1.69. The smallest absolute Gasteiger partial charge is 0.332 e. The summed E-state index contributed by atoms with van der Waals surface area (Å²) in [6.45, 7) is 8.87. The van der Waals surface area contributed by atoms with Crippen molar-refractivity contribution in [3.8, 4) is 0 Å². The van der Waals surface area contributed by atoms with Gasteiger partial charge in [-0.2, -0.15) is 4.31 Å². The predicted molar refractivity (Wildman–Crippen MR) is 129 cm³/mol. The summed E-state index contributed by atoms with van der Waals surface area (Å²) in [6.07, 6.45) is 0. The Morgan fingerprint density at radius 3 is 2.27 bits per heavy atom. The Labute approximate surface area is 197 Å². The number of nitrogen functional groups attached to an aromatic ring is 1. The molecule has 2 aromatic rings. The third kappa shape index (κ3) is 4.98. The van der Waals surface area contributed by atoms with E-state index in [0.29, 0.717) is 18.0 Å². The van der Waals surface area contributed by atoms with Crippen LogP contribution in [0.15, 0.2) is 20.6 Å². The molecule has 2 aromatic heterocycles. The second-order valence-electron chi connectivity index (χ2n) is 8.79. The maximum atomic E-state index is 13.0. The molecule has 10 nitrogen and oxygen atoms in total. The Kier molecular flexibility index (Phi) is 7.32. The van der Waals surface area contributed by atoms with Gasteiger partial charge in [-0.3, -0.25) is 23.6 Å². The number of aryl methyl sites for hydroxylation is 2. The number of aromatic nitrogens is 2. The van der Waals surface area contributed by atoms with Gasteiger partial charge < -0.3 is 5.73 Å². The van der Waals surface area contributed by atoms with Crippen LogP contribution in [0.2, 0.25) is 0 Å². The van der Waals surface area contributed by atoms with Gasteiger partial charge in [-0.05, 0) is 25.8 Å². The number of ketones is 1. The van der Waals surface area contributed by atoms with Gasteiger partial charge in [-0.1, -0.05) is 13.8 Å². The second kappa shape index (κ2) is 9.53. The lowest BCUT2D eigenvalue weighted by Gasteiger charge is -2.33. The fourth-order valence-corrected chi connectivity index (χ4v) is 6.95. The van der Waals surface area contributed by atoms with Crippen LogP contribution < -0.4 is 17.0 Å². The SMILES string of the molecule is Cc1cc(S(=O)(=O)N2CCN(CC(=O)c3c(N)n(CC(C)C)c(=O)n(C)c3=O)CC2)c(C)s1. The van der Waals surface area contributed by atoms with Crippen molar-refractivity contribution < 1.29 is 13.2 Å². The highest BCUT2D eigenvalue weighted by atomic mass is 32.2. The van der Waals surface area contributed by atoms with Crippen LogP contribution in [0.1, 0.15) is 34.0 Å². The lowest BCUT2D eigenvalue weighted by Crippen LogP contribution is -2.50. The number of Topliss-reactive ketones (excluding diaryl/α,β-unsaturated/α-hetero) is 1. The lowest BCUT2D eigenvalue weighted by molar-refractivity contribution is 0.0899. The van der Waals surface area contributed by atoms with Gasteiger partial charge in [0.15, 0.2) is 5.78 Å². The molecule has 1 saturated heterocycles. The Morgan fingerprint density at radius 2 is 1.76 bits per heavy atom. The standard InChI is InChI=1S/C21H31N5O5S2/c1-13(2)11-26-19(22)18(20(28)23(5)21(26)29)16(27)12-24-6-8-25(9-7-24)33(30,31)17-10-14(3)32-15(17)4/h10,13H,6-9,11-12,22H2,1-5H3. The summed E-state index contributed by atoms with van der Waals surface area (Å²) in [5, 5.41) is 0. The van der Waals surface area contributed by atoms with Gasteiger partial charge >= 0.3 is 5.69 Å². The fraction of sp³-hybridized carbons (Fsp3) is 0.571. The molecule has 0 radical (unpaired) electrons. The molecule has 0 atom stereocenters. The highest BCUT2D eigenvalue weighted by Crippen LogP contribution is 2.28. The third-order valence-corrected chi connectivity index (χ3v) is 8.84. The first-order valence-corrected chi connectivity index (χ1v) is 13.0. The number of anilines is 1. The molecule has 0 bridgehead atoms. The molecular weight excluding hydrogens is 466 g/mol. The molecule has 3 rings (SSSR count). The van der Waals surface area contributed by atoms with Crippen molar-refractivity contribution in [2.45, 2.75) is 39.1 Å². The lowest BCUT2D eigenvalue weighted by atomic mass is 10.1. The summed E-state index contributed by atoms with van der Waals surface area (Å²) >= 11 is 1.45. The van der Waals surface area contributed by atoms with E-state index >= 15 is 0 Å². The van der Waals surface area contributed by atoms with E-state index < -0.39 is 27.1 Å². The molecule has 1 aliphatic heterocycles. The van der Waals surface area contributed by atoms with Crippen LogP contribution >= 0.6 is 11.3 Å². The van der Waals surface area contributed by atoms with E-state index in [-0.39, 0.29) is 43.5 Å². The molecule has 0 saturated carbocycles. The van der Waals surface area contributed by atoms with Crippen LogP contribution in [-0.4, -0.2) is 65.3 Å². The molecule has 0 amide bonds. The third-order valence-electron chi connectivity index (χ3n) is 5.72. The van der Waals surface area contributed by atoms with Gasteiger partial charge in [0.1, 0.15) is 11.4 Å². The summed E-state index contributed by atoms with van der Waals surface area (Å²) in [5.74, 6) is -0.506. The van der Waals surface area contributed by atoms with Gasteiger partial charge in [0, 0.05) is 49.5 Å². The molecule has 0 aromatic carbocycles. The molecule has 0 aliphatic carbocycles. The summed E-state index contributed by atoms with van der Waals surface area (Å²) in [5.41, 5.74) is 4.62. The highest BCUT2D eigenvalue weighted by molar-refractivity contribution is 7.89. The minimum absolute atomic E-state index is 0.0796. The quantitative estimate of drug-likeness (QED) is 0.557. The van der Waals surface area contributed by atoms with Crippen LogP contribution in [0.4, 0.5) is 5.82 Å². The average Bonchev–Trinajstić information content (AvgIpc) is 3.09. The number of nitrogens with zero attached hydrogens (tertiary/aromatic N) is 4. The number of nitrogens with two attached hydrogens (primary N) is 1. The van der Waals surface area contributed by atoms with Crippen molar-refractivity contribution in [2.24, 2.45) is 13.0 Å². The van der Waals surface area contributed by atoms with Crippen LogP contribution in [0.5, 0.6) is 0 Å². The summed E-state index contributed by atoms with van der Waals surface area (Å²) in [7, 11) is -2.27. The maximum absolute atomic E-state index is 13.0. The molecule has 0 unspecified atom stereocenters. The zero-order valence-electron chi connectivity index (χ0n) is 19.6. The van der Waals surface area contributed by atoms with Crippen molar-refractivity contribution >= 4 is 33.0 Å². The van der Waals surface area contributed by atoms with E-state index in [0.717, 1.165) is 14.3 Å². The zero-order valence-corrected chi connectivity index (χ0v) is 21.3. The van der Waals surface area contributed by atoms with E-state index in [1.165, 1.54) is 27.3 Å². The van der Waals surface area contributed by atoms with Gasteiger partial charge in [-0.25, -0.2) is 13.2 Å². The van der Waals surface area contributed by atoms with E-state index in [4.69, 9.17) is 5.73 Å². The normalized spacial score (nSPS) is 15.9. The molecule has 1 fully saturated rings. The first-order chi connectivity index (χ1) is 15.3. The molecular formula is C21H31N5O5S2. The van der Waals surface area contributed by atoms with Crippen LogP contribution in [0, 0.1) is 19.8 Å². The van der Waals surface area contributed by atoms with E-state index in [1.54, 1.807) is 17.9 Å². The van der Waals surface area contributed by atoms with E-state index in [1.807, 2.05) is 20.8 Å². The fourth-order valence-electron chi connectivity index (χ4n) is 4.00. The first kappa shape index (κ1) is 25.3. The van der Waals surface area contributed by atoms with Crippen LogP contribution in [0.3, 0.4) is 0 Å². The van der Waals surface area contributed by atoms with Gasteiger partial charge in [0.25, 0.3) is 5.56 Å². The number of thiophene rings is 1. The van der Waals surface area contributed by atoms with Crippen molar-refractivity contribution in [3.05, 3.63) is 42.2 Å². The summed E-state index contributed by atoms with van der Waals surface area (Å²) in [4.78, 5) is 41.9. The van der Waals surface area contributed by atoms with Gasteiger partial charge in [0.05, 0.1) is 11.4 Å². The first-order valence-electron chi connectivity index (χ1n) is 10.8. The predicted octanol–water partition coefficient (Wildman–Crippen LogP) is 0.653. The Morgan fingerprint density at radius 1 is 1.15 bits per heavy atom. The maximum Gasteiger partial charge on any atom is 0.332 e. The minimum Gasteiger partial charge on any atom is -0.384 e. The van der Waals surface area contributed by atoms with Gasteiger partial charge in [0.2, 0.25) is 10.0 Å². The molecule has 33 heavy (non-hydrogen) atoms. The minimum atomic E-state index is -3.60. The number of sulfonamides is 1. The van der Waals surface area contributed by atoms with E-state index in [9.17, 15) is 22.8 Å². The van der Waals surface area contributed by atoms with Crippen LogP contribution in [0.25, 0.3) is 0 Å². The van der Waals surface area contributed by atoms with Crippen LogP contribution in [-0.2, 0) is 23.6 Å². The average molecular weight is 498 g/mol. The number of hydrogen-bond donors (Lipinski definition) is 1. The Bertz CT molecular complexity index is 1280. The van der Waals surface area contributed by atoms with Crippen molar-refractivity contribution in [2.75, 3.05) is 38.5 Å². The topological polar surface area (TPSA) is 128 Å². The highest BCUT2D eigenvalue weighted by Gasteiger charge is 2.32. The van der Waals surface area contributed by atoms with E-state index in [2.05, 4.69) is 0 Å². The second-order valence-corrected chi connectivity index (χ2v) is 12.2. The zero-order chi connectivity index (χ0) is 24.7. The number of hydrogen-bond acceptors (Lipinski definition) is 8. The van der Waals surface area contributed by atoms with Gasteiger partial charge in [-0.15, -0.1) is 11.3 Å². The molecule has 182 valence electrons. The number of rotatable bonds is 7. The van der Waals surface area contributed by atoms with Crippen molar-refractivity contribution in [1.82, 2.24) is 18.3 Å². The largest absolute Gasteiger partial charge is 0.384 e. The monoisotopic (exact) mass is 497 g/mol.